The van der Waals surface area contributed by atoms with E-state index in [-0.39, 0.29) is 5.41 Å². The lowest BCUT2D eigenvalue weighted by molar-refractivity contribution is 0.589. The molecule has 0 aliphatic carbocycles. The quantitative estimate of drug-likeness (QED) is 0.422. The Morgan fingerprint density at radius 3 is 2.08 bits per heavy atom. The summed E-state index contributed by atoms with van der Waals surface area (Å²) in [7, 11) is 0. The van der Waals surface area contributed by atoms with Crippen LogP contribution in [-0.2, 0) is 5.41 Å². The molecule has 0 saturated heterocycles. The zero-order valence-corrected chi connectivity index (χ0v) is 14.8. The van der Waals surface area contributed by atoms with Gasteiger partial charge >= 0.3 is 0 Å². The van der Waals surface area contributed by atoms with Gasteiger partial charge in [0.1, 0.15) is 5.52 Å². The van der Waals surface area contributed by atoms with E-state index in [1.807, 2.05) is 24.3 Å². The molecule has 0 bridgehead atoms. The summed E-state index contributed by atoms with van der Waals surface area (Å²) < 4.78 is 5.96. The van der Waals surface area contributed by atoms with Crippen molar-refractivity contribution in [1.29, 1.82) is 0 Å². The monoisotopic (exact) mass is 327 g/mol. The van der Waals surface area contributed by atoms with Crippen molar-refractivity contribution in [2.75, 3.05) is 0 Å². The Kier molecular flexibility index (Phi) is 3.69. The first-order chi connectivity index (χ1) is 12.0. The van der Waals surface area contributed by atoms with Crippen LogP contribution in [0.2, 0.25) is 0 Å². The third-order valence-corrected chi connectivity index (χ3v) is 4.49. The van der Waals surface area contributed by atoms with E-state index < -0.39 is 0 Å². The first-order valence-corrected chi connectivity index (χ1v) is 8.58. The summed E-state index contributed by atoms with van der Waals surface area (Å²) in [4.78, 5) is 4.69. The van der Waals surface area contributed by atoms with Crippen molar-refractivity contribution in [2.45, 2.75) is 26.2 Å². The molecule has 0 spiro atoms. The molecule has 0 radical (unpaired) electrons. The molecule has 2 nitrogen and oxygen atoms in total. The summed E-state index contributed by atoms with van der Waals surface area (Å²) in [5.74, 6) is 0.667. The molecule has 0 atom stereocenters. The molecule has 0 saturated carbocycles. The molecule has 0 aliphatic rings. The number of nitrogens with zero attached hydrogens (tertiary/aromatic N) is 1. The summed E-state index contributed by atoms with van der Waals surface area (Å²) in [6.45, 7) is 6.64. The molecule has 0 fully saturated rings. The van der Waals surface area contributed by atoms with Crippen LogP contribution in [0.1, 0.15) is 26.3 Å². The van der Waals surface area contributed by atoms with E-state index in [4.69, 9.17) is 9.40 Å². The van der Waals surface area contributed by atoms with Crippen LogP contribution < -0.4 is 0 Å². The molecular weight excluding hydrogens is 306 g/mol. The maximum absolute atomic E-state index is 5.96. The van der Waals surface area contributed by atoms with Gasteiger partial charge in [0.15, 0.2) is 5.58 Å². The molecule has 124 valence electrons. The van der Waals surface area contributed by atoms with Gasteiger partial charge in [0, 0.05) is 5.56 Å². The van der Waals surface area contributed by atoms with Gasteiger partial charge < -0.3 is 4.42 Å². The molecule has 1 aromatic heterocycles. The van der Waals surface area contributed by atoms with Crippen LogP contribution in [-0.4, -0.2) is 4.98 Å². The molecule has 25 heavy (non-hydrogen) atoms. The molecule has 0 N–H and O–H groups in total. The molecule has 3 aromatic carbocycles. The molecular formula is C23H21NO. The summed E-state index contributed by atoms with van der Waals surface area (Å²) in [5, 5.41) is 0. The Morgan fingerprint density at radius 2 is 1.40 bits per heavy atom. The number of hydrogen-bond acceptors (Lipinski definition) is 2. The lowest BCUT2D eigenvalue weighted by Gasteiger charge is -2.18. The van der Waals surface area contributed by atoms with Gasteiger partial charge in [0.2, 0.25) is 5.89 Å². The van der Waals surface area contributed by atoms with Gasteiger partial charge in [-0.2, -0.15) is 0 Å². The molecule has 0 aliphatic heterocycles. The van der Waals surface area contributed by atoms with Gasteiger partial charge in [-0.3, -0.25) is 0 Å². The summed E-state index contributed by atoms with van der Waals surface area (Å²) in [6.07, 6.45) is 0. The fourth-order valence-electron chi connectivity index (χ4n) is 2.97. The molecule has 4 rings (SSSR count). The van der Waals surface area contributed by atoms with Crippen LogP contribution in [0.25, 0.3) is 33.7 Å². The van der Waals surface area contributed by atoms with E-state index in [9.17, 15) is 0 Å². The van der Waals surface area contributed by atoms with E-state index in [1.54, 1.807) is 0 Å². The second-order valence-electron chi connectivity index (χ2n) is 7.39. The smallest absolute Gasteiger partial charge is 0.227 e. The van der Waals surface area contributed by atoms with Crippen LogP contribution in [0, 0.1) is 0 Å². The zero-order chi connectivity index (χ0) is 17.4. The van der Waals surface area contributed by atoms with Crippen LogP contribution in [0.5, 0.6) is 0 Å². The Labute approximate surface area is 148 Å². The SMILES string of the molecule is CC(C)(C)c1ccc(-c2nc3cc(-c4ccccc4)ccc3o2)cc1. The van der Waals surface area contributed by atoms with E-state index in [2.05, 4.69) is 69.3 Å². The number of hydrogen-bond donors (Lipinski definition) is 0. The van der Waals surface area contributed by atoms with Crippen LogP contribution in [0.4, 0.5) is 0 Å². The molecule has 0 amide bonds. The highest BCUT2D eigenvalue weighted by molar-refractivity contribution is 5.82. The van der Waals surface area contributed by atoms with Crippen molar-refractivity contribution in [3.8, 4) is 22.6 Å². The highest BCUT2D eigenvalue weighted by Crippen LogP contribution is 2.30. The largest absolute Gasteiger partial charge is 0.436 e. The number of aromatic nitrogens is 1. The van der Waals surface area contributed by atoms with Crippen molar-refractivity contribution < 1.29 is 4.42 Å². The van der Waals surface area contributed by atoms with Crippen molar-refractivity contribution in [3.63, 3.8) is 0 Å². The third-order valence-electron chi connectivity index (χ3n) is 4.49. The topological polar surface area (TPSA) is 26.0 Å². The van der Waals surface area contributed by atoms with Gasteiger partial charge in [0.05, 0.1) is 0 Å². The van der Waals surface area contributed by atoms with E-state index in [0.717, 1.165) is 22.2 Å². The normalized spacial score (nSPS) is 11.8. The van der Waals surface area contributed by atoms with Crippen LogP contribution >= 0.6 is 0 Å². The number of benzene rings is 3. The van der Waals surface area contributed by atoms with E-state index >= 15 is 0 Å². The predicted octanol–water partition coefficient (Wildman–Crippen LogP) is 6.46. The van der Waals surface area contributed by atoms with Crippen molar-refractivity contribution >= 4 is 11.1 Å². The van der Waals surface area contributed by atoms with Crippen molar-refractivity contribution in [2.24, 2.45) is 0 Å². The van der Waals surface area contributed by atoms with Gasteiger partial charge in [-0.1, -0.05) is 69.3 Å². The maximum Gasteiger partial charge on any atom is 0.227 e. The average molecular weight is 327 g/mol. The number of fused-ring (bicyclic) bond motifs is 1. The third kappa shape index (κ3) is 3.08. The van der Waals surface area contributed by atoms with E-state index in [1.165, 1.54) is 11.1 Å². The van der Waals surface area contributed by atoms with Gasteiger partial charge in [0.25, 0.3) is 0 Å². The standard InChI is InChI=1S/C23H21NO/c1-23(2,3)19-12-9-17(10-13-19)22-24-20-15-18(11-14-21(20)25-22)16-7-5-4-6-8-16/h4-15H,1-3H3. The zero-order valence-electron chi connectivity index (χ0n) is 14.8. The minimum atomic E-state index is 0.143. The van der Waals surface area contributed by atoms with Gasteiger partial charge in [-0.15, -0.1) is 0 Å². The predicted molar refractivity (Wildman–Crippen MR) is 104 cm³/mol. The van der Waals surface area contributed by atoms with Crippen LogP contribution in [0.15, 0.2) is 77.2 Å². The van der Waals surface area contributed by atoms with E-state index in [0.29, 0.717) is 5.89 Å². The summed E-state index contributed by atoms with van der Waals surface area (Å²) in [5.41, 5.74) is 6.49. The maximum atomic E-state index is 5.96. The second-order valence-corrected chi connectivity index (χ2v) is 7.39. The molecule has 0 unspecified atom stereocenters. The van der Waals surface area contributed by atoms with Crippen molar-refractivity contribution in [1.82, 2.24) is 4.98 Å². The van der Waals surface area contributed by atoms with Crippen LogP contribution in [0.3, 0.4) is 0 Å². The lowest BCUT2D eigenvalue weighted by Crippen LogP contribution is -2.10. The Bertz CT molecular complexity index is 1010. The van der Waals surface area contributed by atoms with Gasteiger partial charge in [-0.05, 0) is 46.4 Å². The summed E-state index contributed by atoms with van der Waals surface area (Å²) in [6, 6.07) is 25.0. The lowest BCUT2D eigenvalue weighted by atomic mass is 9.87. The number of rotatable bonds is 2. The van der Waals surface area contributed by atoms with Crippen molar-refractivity contribution in [3.05, 3.63) is 78.4 Å². The molecule has 2 heteroatoms. The number of oxazole rings is 1. The fraction of sp³-hybridized carbons (Fsp3) is 0.174. The Hall–Kier alpha value is -2.87. The Balaban J connectivity index is 1.72. The van der Waals surface area contributed by atoms with Gasteiger partial charge in [-0.25, -0.2) is 4.98 Å². The fourth-order valence-corrected chi connectivity index (χ4v) is 2.97. The minimum absolute atomic E-state index is 0.143. The summed E-state index contributed by atoms with van der Waals surface area (Å²) >= 11 is 0. The second kappa shape index (κ2) is 5.89. The highest BCUT2D eigenvalue weighted by atomic mass is 16.3. The Morgan fingerprint density at radius 1 is 0.720 bits per heavy atom. The first kappa shape index (κ1) is 15.6. The minimum Gasteiger partial charge on any atom is -0.436 e. The molecule has 1 heterocycles. The highest BCUT2D eigenvalue weighted by Gasteiger charge is 2.14. The average Bonchev–Trinajstić information content (AvgIpc) is 3.05. The first-order valence-electron chi connectivity index (χ1n) is 8.58. The molecule has 4 aromatic rings.